The van der Waals surface area contributed by atoms with E-state index in [4.69, 9.17) is 10.2 Å². The lowest BCUT2D eigenvalue weighted by Crippen LogP contribution is -2.33. The van der Waals surface area contributed by atoms with Crippen molar-refractivity contribution in [2.45, 2.75) is 32.3 Å². The lowest BCUT2D eigenvalue weighted by Gasteiger charge is -2.22. The van der Waals surface area contributed by atoms with E-state index in [-0.39, 0.29) is 0 Å². The minimum Gasteiger partial charge on any atom is -0.424 e. The first-order valence-electron chi connectivity index (χ1n) is 6.12. The van der Waals surface area contributed by atoms with Gasteiger partial charge in [0.1, 0.15) is 5.52 Å². The molecule has 0 spiro atoms. The van der Waals surface area contributed by atoms with Crippen LogP contribution in [0.2, 0.25) is 0 Å². The number of hydrogen-bond donors (Lipinski definition) is 3. The maximum Gasteiger partial charge on any atom is 0.295 e. The topological polar surface area (TPSA) is 84.3 Å². The van der Waals surface area contributed by atoms with Gasteiger partial charge in [0.05, 0.1) is 5.60 Å². The summed E-state index contributed by atoms with van der Waals surface area (Å²) in [7, 11) is 0. The average molecular weight is 249 g/mol. The lowest BCUT2D eigenvalue weighted by molar-refractivity contribution is 0.0631. The molecule has 18 heavy (non-hydrogen) atoms. The molecule has 1 atom stereocenters. The Hall–Kier alpha value is -1.75. The molecule has 1 aromatic heterocycles. The molecule has 98 valence electrons. The SMILES string of the molecule is CCCC(C)(O)CNc1nc2cc(N)ccc2o1. The van der Waals surface area contributed by atoms with Crippen molar-refractivity contribution in [1.29, 1.82) is 0 Å². The van der Waals surface area contributed by atoms with Gasteiger partial charge in [-0.05, 0) is 31.5 Å². The highest BCUT2D eigenvalue weighted by Crippen LogP contribution is 2.21. The smallest absolute Gasteiger partial charge is 0.295 e. The summed E-state index contributed by atoms with van der Waals surface area (Å²) < 4.78 is 5.51. The zero-order valence-electron chi connectivity index (χ0n) is 10.7. The highest BCUT2D eigenvalue weighted by Gasteiger charge is 2.19. The Bertz CT molecular complexity index is 534. The van der Waals surface area contributed by atoms with Crippen LogP contribution >= 0.6 is 0 Å². The van der Waals surface area contributed by atoms with Crippen LogP contribution in [0.3, 0.4) is 0 Å². The molecular formula is C13H19N3O2. The number of rotatable bonds is 5. The molecule has 1 heterocycles. The number of anilines is 2. The van der Waals surface area contributed by atoms with Crippen LogP contribution in [-0.4, -0.2) is 22.2 Å². The monoisotopic (exact) mass is 249 g/mol. The number of oxazole rings is 1. The largest absolute Gasteiger partial charge is 0.424 e. The van der Waals surface area contributed by atoms with Gasteiger partial charge in [0.2, 0.25) is 0 Å². The molecule has 0 aliphatic rings. The number of nitrogen functional groups attached to an aromatic ring is 1. The van der Waals surface area contributed by atoms with Crippen molar-refractivity contribution in [3.05, 3.63) is 18.2 Å². The molecule has 4 N–H and O–H groups in total. The summed E-state index contributed by atoms with van der Waals surface area (Å²) in [6.45, 7) is 4.24. The van der Waals surface area contributed by atoms with E-state index in [1.54, 1.807) is 25.1 Å². The van der Waals surface area contributed by atoms with Crippen LogP contribution in [0.5, 0.6) is 0 Å². The first kappa shape index (κ1) is 12.7. The average Bonchev–Trinajstić information content (AvgIpc) is 2.68. The van der Waals surface area contributed by atoms with Gasteiger partial charge >= 0.3 is 0 Å². The second kappa shape index (κ2) is 4.86. The number of aromatic nitrogens is 1. The van der Waals surface area contributed by atoms with Crippen molar-refractivity contribution in [3.63, 3.8) is 0 Å². The summed E-state index contributed by atoms with van der Waals surface area (Å²) in [6.07, 6.45) is 1.66. The standard InChI is InChI=1S/C13H19N3O2/c1-3-6-13(2,17)8-15-12-16-10-7-9(14)4-5-11(10)18-12/h4-5,7,17H,3,6,8,14H2,1-2H3,(H,15,16). The molecule has 0 aliphatic carbocycles. The van der Waals surface area contributed by atoms with Gasteiger partial charge in [-0.3, -0.25) is 0 Å². The van der Waals surface area contributed by atoms with Gasteiger partial charge in [0.15, 0.2) is 5.58 Å². The van der Waals surface area contributed by atoms with Crippen molar-refractivity contribution in [3.8, 4) is 0 Å². The fourth-order valence-electron chi connectivity index (χ4n) is 1.91. The van der Waals surface area contributed by atoms with Crippen LogP contribution in [0.4, 0.5) is 11.7 Å². The van der Waals surface area contributed by atoms with Crippen molar-refractivity contribution in [2.75, 3.05) is 17.6 Å². The maximum absolute atomic E-state index is 10.0. The summed E-state index contributed by atoms with van der Waals surface area (Å²) in [5.74, 6) is 0. The van der Waals surface area contributed by atoms with Gasteiger partial charge < -0.3 is 20.6 Å². The first-order valence-corrected chi connectivity index (χ1v) is 6.12. The van der Waals surface area contributed by atoms with Crippen molar-refractivity contribution in [2.24, 2.45) is 0 Å². The summed E-state index contributed by atoms with van der Waals surface area (Å²) >= 11 is 0. The third-order valence-electron chi connectivity index (χ3n) is 2.82. The zero-order chi connectivity index (χ0) is 13.2. The van der Waals surface area contributed by atoms with Crippen LogP contribution in [0.15, 0.2) is 22.6 Å². The number of fused-ring (bicyclic) bond motifs is 1. The molecule has 5 nitrogen and oxygen atoms in total. The lowest BCUT2D eigenvalue weighted by atomic mass is 10.0. The molecule has 0 aliphatic heterocycles. The van der Waals surface area contributed by atoms with E-state index in [0.29, 0.717) is 29.3 Å². The summed E-state index contributed by atoms with van der Waals surface area (Å²) in [6, 6.07) is 5.72. The van der Waals surface area contributed by atoms with Crippen molar-refractivity contribution in [1.82, 2.24) is 4.98 Å². The van der Waals surface area contributed by atoms with Gasteiger partial charge in [0.25, 0.3) is 6.01 Å². The van der Waals surface area contributed by atoms with Gasteiger partial charge in [-0.1, -0.05) is 13.3 Å². The van der Waals surface area contributed by atoms with Crippen LogP contribution in [-0.2, 0) is 0 Å². The Kier molecular flexibility index (Phi) is 3.43. The third kappa shape index (κ3) is 2.92. The number of hydrogen-bond acceptors (Lipinski definition) is 5. The second-order valence-corrected chi connectivity index (χ2v) is 4.85. The normalized spacial score (nSPS) is 14.6. The highest BCUT2D eigenvalue weighted by molar-refractivity contribution is 5.78. The van der Waals surface area contributed by atoms with E-state index in [9.17, 15) is 5.11 Å². The molecule has 0 saturated heterocycles. The molecular weight excluding hydrogens is 230 g/mol. The first-order chi connectivity index (χ1) is 8.50. The molecule has 0 fully saturated rings. The molecule has 0 saturated carbocycles. The van der Waals surface area contributed by atoms with Crippen LogP contribution < -0.4 is 11.1 Å². The van der Waals surface area contributed by atoms with Crippen LogP contribution in [0.1, 0.15) is 26.7 Å². The Morgan fingerprint density at radius 1 is 1.50 bits per heavy atom. The van der Waals surface area contributed by atoms with Crippen LogP contribution in [0, 0.1) is 0 Å². The minimum absolute atomic E-state index is 0.406. The van der Waals surface area contributed by atoms with E-state index in [1.807, 2.05) is 6.92 Å². The zero-order valence-corrected chi connectivity index (χ0v) is 10.7. The van der Waals surface area contributed by atoms with E-state index in [2.05, 4.69) is 10.3 Å². The Morgan fingerprint density at radius 2 is 2.28 bits per heavy atom. The van der Waals surface area contributed by atoms with E-state index >= 15 is 0 Å². The maximum atomic E-state index is 10.0. The van der Waals surface area contributed by atoms with E-state index < -0.39 is 5.60 Å². The number of nitrogens with zero attached hydrogens (tertiary/aromatic N) is 1. The van der Waals surface area contributed by atoms with Crippen molar-refractivity contribution >= 4 is 22.8 Å². The summed E-state index contributed by atoms with van der Waals surface area (Å²) in [5.41, 5.74) is 6.97. The minimum atomic E-state index is -0.756. The van der Waals surface area contributed by atoms with Gasteiger partial charge in [-0.15, -0.1) is 0 Å². The Balaban J connectivity index is 2.08. The molecule has 2 rings (SSSR count). The van der Waals surface area contributed by atoms with E-state index in [0.717, 1.165) is 12.8 Å². The predicted octanol–water partition coefficient (Wildman–Crippen LogP) is 2.37. The molecule has 1 aromatic carbocycles. The number of nitrogens with one attached hydrogen (secondary N) is 1. The molecule has 0 bridgehead atoms. The summed E-state index contributed by atoms with van der Waals surface area (Å²) in [5, 5.41) is 13.1. The van der Waals surface area contributed by atoms with Gasteiger partial charge in [0, 0.05) is 12.2 Å². The van der Waals surface area contributed by atoms with Gasteiger partial charge in [-0.25, -0.2) is 0 Å². The predicted molar refractivity (Wildman–Crippen MR) is 72.4 cm³/mol. The second-order valence-electron chi connectivity index (χ2n) is 4.85. The quantitative estimate of drug-likeness (QED) is 0.708. The van der Waals surface area contributed by atoms with Gasteiger partial charge in [-0.2, -0.15) is 4.98 Å². The Labute approximate surface area is 106 Å². The number of benzene rings is 1. The van der Waals surface area contributed by atoms with Crippen LogP contribution in [0.25, 0.3) is 11.1 Å². The molecule has 5 heteroatoms. The Morgan fingerprint density at radius 3 is 3.00 bits per heavy atom. The fourth-order valence-corrected chi connectivity index (χ4v) is 1.91. The number of nitrogens with two attached hydrogens (primary N) is 1. The fraction of sp³-hybridized carbons (Fsp3) is 0.462. The van der Waals surface area contributed by atoms with Crippen molar-refractivity contribution < 1.29 is 9.52 Å². The molecule has 0 radical (unpaired) electrons. The summed E-state index contributed by atoms with van der Waals surface area (Å²) in [4.78, 5) is 4.27. The highest BCUT2D eigenvalue weighted by atomic mass is 16.4. The third-order valence-corrected chi connectivity index (χ3v) is 2.82. The van der Waals surface area contributed by atoms with E-state index in [1.165, 1.54) is 0 Å². The molecule has 0 amide bonds. The number of aliphatic hydroxyl groups is 1. The molecule has 2 aromatic rings. The molecule has 1 unspecified atom stereocenters.